The second kappa shape index (κ2) is 7.85. The molecule has 0 heterocycles. The first-order valence-corrected chi connectivity index (χ1v) is 8.90. The molecule has 0 fully saturated rings. The van der Waals surface area contributed by atoms with Crippen molar-refractivity contribution in [2.45, 2.75) is 18.7 Å². The van der Waals surface area contributed by atoms with E-state index in [9.17, 15) is 13.5 Å². The van der Waals surface area contributed by atoms with Crippen molar-refractivity contribution < 1.29 is 47.6 Å². The number of fused-ring (bicyclic) bond motifs is 1. The summed E-state index contributed by atoms with van der Waals surface area (Å²) in [4.78, 5) is -0.240. The van der Waals surface area contributed by atoms with E-state index in [1.165, 1.54) is 30.3 Å². The molecule has 128 valence electrons. The topological polar surface area (TPSA) is 102 Å². The Hall–Kier alpha value is -1.77. The van der Waals surface area contributed by atoms with Crippen LogP contribution < -0.4 is 34.7 Å². The molecule has 0 spiro atoms. The number of rotatable bonds is 3. The van der Waals surface area contributed by atoms with Crippen molar-refractivity contribution in [3.63, 3.8) is 0 Å². The number of aryl methyl sites for hydroxylation is 2. The van der Waals surface area contributed by atoms with Crippen LogP contribution in [-0.4, -0.2) is 13.0 Å². The van der Waals surface area contributed by atoms with Crippen LogP contribution >= 0.6 is 0 Å². The van der Waals surface area contributed by atoms with Crippen molar-refractivity contribution in [2.24, 2.45) is 10.2 Å². The van der Waals surface area contributed by atoms with E-state index in [0.717, 1.165) is 11.1 Å². The summed E-state index contributed by atoms with van der Waals surface area (Å²) in [6.07, 6.45) is 0. The molecule has 0 saturated carbocycles. The van der Waals surface area contributed by atoms with Crippen LogP contribution in [0.4, 0.5) is 11.4 Å². The summed E-state index contributed by atoms with van der Waals surface area (Å²) in [6, 6.07) is 12.4. The van der Waals surface area contributed by atoms with E-state index in [0.29, 0.717) is 16.5 Å². The molecule has 1 N–H and O–H groups in total. The van der Waals surface area contributed by atoms with Crippen LogP contribution in [0, 0.1) is 13.8 Å². The fourth-order valence-electron chi connectivity index (χ4n) is 2.56. The molecule has 3 aromatic rings. The predicted molar refractivity (Wildman–Crippen MR) is 93.3 cm³/mol. The third kappa shape index (κ3) is 4.31. The Bertz CT molecular complexity index is 1110. The number of hydrogen-bond acceptors (Lipinski definition) is 5. The molecule has 0 aromatic heterocycles. The van der Waals surface area contributed by atoms with Crippen LogP contribution in [0.15, 0.2) is 63.7 Å². The Morgan fingerprint density at radius 2 is 1.69 bits per heavy atom. The van der Waals surface area contributed by atoms with Crippen molar-refractivity contribution in [3.05, 3.63) is 59.7 Å². The Morgan fingerprint density at radius 3 is 2.35 bits per heavy atom. The van der Waals surface area contributed by atoms with Gasteiger partial charge in [0.05, 0.1) is 16.3 Å². The molecule has 26 heavy (non-hydrogen) atoms. The van der Waals surface area contributed by atoms with Crippen LogP contribution in [0.2, 0.25) is 0 Å². The van der Waals surface area contributed by atoms with Crippen LogP contribution in [0.1, 0.15) is 11.1 Å². The van der Waals surface area contributed by atoms with E-state index < -0.39 is 10.1 Å². The summed E-state index contributed by atoms with van der Waals surface area (Å²) in [5.41, 5.74) is 2.81. The fraction of sp³-hybridized carbons (Fsp3) is 0.111. The summed E-state index contributed by atoms with van der Waals surface area (Å²) in [5, 5.41) is 21.3. The van der Waals surface area contributed by atoms with E-state index >= 15 is 0 Å². The fourth-order valence-corrected chi connectivity index (χ4v) is 3.07. The summed E-state index contributed by atoms with van der Waals surface area (Å²) < 4.78 is 31.7. The van der Waals surface area contributed by atoms with Crippen molar-refractivity contribution in [3.8, 4) is 5.75 Å². The average molecular weight is 378 g/mol. The van der Waals surface area contributed by atoms with Gasteiger partial charge < -0.3 is 5.11 Å². The molecule has 0 saturated heterocycles. The second-order valence-electron chi connectivity index (χ2n) is 5.76. The third-order valence-corrected chi connectivity index (χ3v) is 4.68. The maximum Gasteiger partial charge on any atom is 1.00 e. The Labute approximate surface area is 173 Å². The number of nitrogens with zero attached hydrogens (tertiary/aromatic N) is 2. The van der Waals surface area contributed by atoms with E-state index in [4.69, 9.17) is 4.55 Å². The molecular weight excluding hydrogens is 363 g/mol. The minimum Gasteiger partial charge on any atom is -0.871 e. The van der Waals surface area contributed by atoms with Gasteiger partial charge in [-0.15, -0.1) is 0 Å². The van der Waals surface area contributed by atoms with Gasteiger partial charge >= 0.3 is 29.6 Å². The van der Waals surface area contributed by atoms with Gasteiger partial charge in [0.1, 0.15) is 0 Å². The number of hydrogen-bond donors (Lipinski definition) is 1. The normalized spacial score (nSPS) is 11.7. The quantitative estimate of drug-likeness (QED) is 0.420. The molecular formula is C18H15N2NaO4S. The van der Waals surface area contributed by atoms with Crippen molar-refractivity contribution in [1.29, 1.82) is 0 Å². The first kappa shape index (κ1) is 20.5. The zero-order chi connectivity index (χ0) is 18.2. The maximum absolute atomic E-state index is 12.2. The Morgan fingerprint density at radius 1 is 0.962 bits per heavy atom. The van der Waals surface area contributed by atoms with Crippen LogP contribution in [-0.2, 0) is 10.1 Å². The maximum atomic E-state index is 12.2. The van der Waals surface area contributed by atoms with Gasteiger partial charge in [0.15, 0.2) is 0 Å². The third-order valence-electron chi connectivity index (χ3n) is 3.83. The van der Waals surface area contributed by atoms with Crippen LogP contribution in [0.5, 0.6) is 5.75 Å². The van der Waals surface area contributed by atoms with Crippen molar-refractivity contribution >= 4 is 32.3 Å². The summed E-state index contributed by atoms with van der Waals surface area (Å²) in [7, 11) is -4.31. The largest absolute Gasteiger partial charge is 1.00 e. The summed E-state index contributed by atoms with van der Waals surface area (Å²) in [6.45, 7) is 3.88. The molecule has 0 aliphatic rings. The first-order valence-electron chi connectivity index (χ1n) is 7.46. The van der Waals surface area contributed by atoms with Gasteiger partial charge in [0, 0.05) is 5.39 Å². The van der Waals surface area contributed by atoms with Gasteiger partial charge in [-0.2, -0.15) is 18.6 Å². The molecule has 0 unspecified atom stereocenters. The molecule has 6 nitrogen and oxygen atoms in total. The molecule has 0 atom stereocenters. The average Bonchev–Trinajstić information content (AvgIpc) is 2.54. The van der Waals surface area contributed by atoms with E-state index in [1.54, 1.807) is 0 Å². The molecule has 3 rings (SSSR count). The van der Waals surface area contributed by atoms with Crippen LogP contribution in [0.3, 0.4) is 0 Å². The Kier molecular flexibility index (Phi) is 6.21. The second-order valence-corrected chi connectivity index (χ2v) is 7.18. The SMILES string of the molecule is Cc1ccc(N=Nc2c([O-])ccc3cc(S(=O)(=O)O)ccc23)c(C)c1.[Na+]. The number of azo groups is 1. The van der Waals surface area contributed by atoms with E-state index in [1.807, 2.05) is 32.0 Å². The van der Waals surface area contributed by atoms with Gasteiger partial charge in [-0.3, -0.25) is 4.55 Å². The predicted octanol–water partition coefficient (Wildman–Crippen LogP) is 1.20. The van der Waals surface area contributed by atoms with E-state index in [-0.39, 0.29) is 45.9 Å². The Balaban J connectivity index is 0.00000243. The summed E-state index contributed by atoms with van der Waals surface area (Å²) >= 11 is 0. The number of benzene rings is 3. The molecule has 3 aromatic carbocycles. The minimum atomic E-state index is -4.31. The van der Waals surface area contributed by atoms with Gasteiger partial charge in [0.2, 0.25) is 0 Å². The standard InChI is InChI=1S/C18H16N2O4S.Na/c1-11-3-7-16(12(2)9-11)19-20-18-15-6-5-14(25(22,23)24)10-13(15)4-8-17(18)21;/h3-10,21H,1-2H3,(H,22,23,24);/q;+1/p-1. The minimum absolute atomic E-state index is 0. The van der Waals surface area contributed by atoms with Gasteiger partial charge in [-0.05, 0) is 43.0 Å². The zero-order valence-corrected chi connectivity index (χ0v) is 17.4. The smallest absolute Gasteiger partial charge is 0.871 e. The first-order chi connectivity index (χ1) is 11.8. The van der Waals surface area contributed by atoms with Crippen molar-refractivity contribution in [1.82, 2.24) is 0 Å². The molecule has 8 heteroatoms. The molecule has 0 amide bonds. The molecule has 0 radical (unpaired) electrons. The zero-order valence-electron chi connectivity index (χ0n) is 14.6. The molecule has 0 bridgehead atoms. The van der Waals surface area contributed by atoms with Crippen molar-refractivity contribution in [2.75, 3.05) is 0 Å². The van der Waals surface area contributed by atoms with Gasteiger partial charge in [0.25, 0.3) is 10.1 Å². The van der Waals surface area contributed by atoms with Crippen LogP contribution in [0.25, 0.3) is 10.8 Å². The molecule has 0 aliphatic carbocycles. The van der Waals surface area contributed by atoms with E-state index in [2.05, 4.69) is 10.2 Å². The monoisotopic (exact) mass is 378 g/mol. The van der Waals surface area contributed by atoms with Gasteiger partial charge in [-0.1, -0.05) is 41.6 Å². The summed E-state index contributed by atoms with van der Waals surface area (Å²) in [5.74, 6) is -0.319. The van der Waals surface area contributed by atoms with Gasteiger partial charge in [-0.25, -0.2) is 0 Å². The molecule has 0 aliphatic heterocycles.